The fourth-order valence-corrected chi connectivity index (χ4v) is 4.63. The van der Waals surface area contributed by atoms with Crippen molar-refractivity contribution in [3.8, 4) is 18.2 Å². The second-order valence-electron chi connectivity index (χ2n) is 8.62. The Morgan fingerprint density at radius 3 is 2.22 bits per heavy atom. The number of fused-ring (bicyclic) bond motifs is 1. The maximum atomic E-state index is 10.1. The van der Waals surface area contributed by atoms with Gasteiger partial charge in [0.25, 0.3) is 0 Å². The van der Waals surface area contributed by atoms with Gasteiger partial charge < -0.3 is 5.73 Å². The highest BCUT2D eigenvalue weighted by Crippen LogP contribution is 2.57. The maximum absolute atomic E-state index is 10.1. The molecule has 1 aromatic carbocycles. The van der Waals surface area contributed by atoms with E-state index in [4.69, 9.17) is 5.73 Å². The molecule has 2 aliphatic carbocycles. The first-order valence-corrected chi connectivity index (χ1v) is 9.28. The monoisotopic (exact) mass is 356 g/mol. The van der Waals surface area contributed by atoms with Crippen LogP contribution in [0.3, 0.4) is 0 Å². The summed E-state index contributed by atoms with van der Waals surface area (Å²) in [6, 6.07) is 16.2. The van der Waals surface area contributed by atoms with E-state index in [0.717, 1.165) is 24.0 Å². The zero-order chi connectivity index (χ0) is 19.8. The van der Waals surface area contributed by atoms with Gasteiger partial charge >= 0.3 is 0 Å². The Morgan fingerprint density at radius 1 is 1.07 bits per heavy atom. The zero-order valence-electron chi connectivity index (χ0n) is 16.0. The average molecular weight is 356 g/mol. The normalized spacial score (nSPS) is 26.8. The first-order chi connectivity index (χ1) is 12.8. The van der Waals surface area contributed by atoms with Crippen molar-refractivity contribution in [1.82, 2.24) is 0 Å². The summed E-state index contributed by atoms with van der Waals surface area (Å²) in [6.07, 6.45) is 3.82. The van der Waals surface area contributed by atoms with Crippen LogP contribution >= 0.6 is 0 Å². The Hall–Kier alpha value is -3.03. The molecule has 0 unspecified atom stereocenters. The van der Waals surface area contributed by atoms with Crippen LogP contribution in [0.25, 0.3) is 0 Å². The summed E-state index contributed by atoms with van der Waals surface area (Å²) < 4.78 is 0. The van der Waals surface area contributed by atoms with Crippen molar-refractivity contribution in [2.45, 2.75) is 39.5 Å². The van der Waals surface area contributed by atoms with Crippen LogP contribution in [0.1, 0.15) is 45.1 Å². The van der Waals surface area contributed by atoms with Crippen LogP contribution in [0.2, 0.25) is 0 Å². The molecule has 0 heterocycles. The quantitative estimate of drug-likeness (QED) is 0.798. The molecule has 27 heavy (non-hydrogen) atoms. The van der Waals surface area contributed by atoms with Crippen molar-refractivity contribution in [3.63, 3.8) is 0 Å². The molecule has 0 fully saturated rings. The van der Waals surface area contributed by atoms with Gasteiger partial charge in [0.05, 0.1) is 23.4 Å². The molecule has 0 saturated carbocycles. The summed E-state index contributed by atoms with van der Waals surface area (Å²) in [5.74, 6) is -0.0550. The lowest BCUT2D eigenvalue weighted by Gasteiger charge is -2.47. The molecule has 3 atom stereocenters. The number of hydrogen-bond acceptors (Lipinski definition) is 4. The van der Waals surface area contributed by atoms with E-state index < -0.39 is 5.41 Å². The highest BCUT2D eigenvalue weighted by Gasteiger charge is 2.54. The van der Waals surface area contributed by atoms with Gasteiger partial charge in [-0.2, -0.15) is 15.8 Å². The molecule has 0 bridgehead atoms. The van der Waals surface area contributed by atoms with E-state index in [2.05, 4.69) is 45.1 Å². The van der Waals surface area contributed by atoms with Gasteiger partial charge in [-0.3, -0.25) is 0 Å². The van der Waals surface area contributed by atoms with Gasteiger partial charge in [-0.05, 0) is 41.2 Å². The molecule has 1 aromatic rings. The lowest BCUT2D eigenvalue weighted by atomic mass is 9.54. The molecule has 2 aliphatic rings. The van der Waals surface area contributed by atoms with Crippen molar-refractivity contribution in [2.75, 3.05) is 0 Å². The van der Waals surface area contributed by atoms with E-state index in [1.165, 1.54) is 0 Å². The minimum atomic E-state index is -1.53. The molecule has 0 aromatic heterocycles. The number of allylic oxidation sites excluding steroid dienone is 4. The molecule has 4 nitrogen and oxygen atoms in total. The van der Waals surface area contributed by atoms with Gasteiger partial charge in [-0.15, -0.1) is 0 Å². The van der Waals surface area contributed by atoms with E-state index in [-0.39, 0.29) is 22.9 Å². The van der Waals surface area contributed by atoms with Crippen LogP contribution in [0.4, 0.5) is 0 Å². The number of benzene rings is 1. The third-order valence-corrected chi connectivity index (χ3v) is 6.26. The zero-order valence-corrected chi connectivity index (χ0v) is 16.0. The molecular formula is C23H24N4. The molecule has 0 spiro atoms. The Kier molecular flexibility index (Phi) is 4.59. The standard InChI is InChI=1S/C23H24N4/c1-22(2,3)16-9-10-17-18(11-16)20(15-7-5-4-6-8-15)23(13-25,14-26)21(27)19(17)12-24/h4-8,10,16,18,20H,9,11,27H2,1-3H3/t16-,18+,20+/m0/s1. The van der Waals surface area contributed by atoms with Gasteiger partial charge in [0, 0.05) is 5.92 Å². The minimum Gasteiger partial charge on any atom is -0.399 e. The van der Waals surface area contributed by atoms with Crippen molar-refractivity contribution in [1.29, 1.82) is 15.8 Å². The van der Waals surface area contributed by atoms with E-state index in [0.29, 0.717) is 11.5 Å². The highest BCUT2D eigenvalue weighted by molar-refractivity contribution is 5.59. The fourth-order valence-electron chi connectivity index (χ4n) is 4.63. The van der Waals surface area contributed by atoms with Gasteiger partial charge in [0.2, 0.25) is 0 Å². The Labute approximate surface area is 161 Å². The lowest BCUT2D eigenvalue weighted by Crippen LogP contribution is -2.44. The molecule has 4 heteroatoms. The molecule has 0 aliphatic heterocycles. The van der Waals surface area contributed by atoms with Crippen LogP contribution in [0.5, 0.6) is 0 Å². The maximum Gasteiger partial charge on any atom is 0.191 e. The largest absolute Gasteiger partial charge is 0.399 e. The van der Waals surface area contributed by atoms with Gasteiger partial charge in [0.1, 0.15) is 6.07 Å². The summed E-state index contributed by atoms with van der Waals surface area (Å²) in [6.45, 7) is 6.65. The van der Waals surface area contributed by atoms with E-state index in [1.807, 2.05) is 30.3 Å². The summed E-state index contributed by atoms with van der Waals surface area (Å²) in [4.78, 5) is 0. The van der Waals surface area contributed by atoms with Crippen LogP contribution in [0.15, 0.2) is 53.3 Å². The minimum absolute atomic E-state index is 0.0772. The van der Waals surface area contributed by atoms with Crippen molar-refractivity contribution in [2.24, 2.45) is 28.4 Å². The molecule has 2 N–H and O–H groups in total. The Morgan fingerprint density at radius 2 is 1.70 bits per heavy atom. The topological polar surface area (TPSA) is 97.4 Å². The lowest BCUT2D eigenvalue weighted by molar-refractivity contribution is 0.170. The van der Waals surface area contributed by atoms with Crippen LogP contribution in [0, 0.1) is 56.7 Å². The van der Waals surface area contributed by atoms with Gasteiger partial charge in [0.15, 0.2) is 5.41 Å². The van der Waals surface area contributed by atoms with E-state index in [9.17, 15) is 15.8 Å². The molecule has 0 radical (unpaired) electrons. The van der Waals surface area contributed by atoms with Crippen LogP contribution < -0.4 is 5.73 Å². The first kappa shape index (κ1) is 18.8. The Bertz CT molecular complexity index is 912. The van der Waals surface area contributed by atoms with Gasteiger partial charge in [-0.25, -0.2) is 0 Å². The van der Waals surface area contributed by atoms with Crippen LogP contribution in [-0.4, -0.2) is 0 Å². The predicted molar refractivity (Wildman–Crippen MR) is 103 cm³/mol. The molecule has 3 rings (SSSR count). The molecule has 0 amide bonds. The van der Waals surface area contributed by atoms with Crippen molar-refractivity contribution >= 4 is 0 Å². The predicted octanol–water partition coefficient (Wildman–Crippen LogP) is 4.55. The van der Waals surface area contributed by atoms with E-state index in [1.54, 1.807) is 0 Å². The summed E-state index contributed by atoms with van der Waals surface area (Å²) in [7, 11) is 0. The second kappa shape index (κ2) is 6.61. The average Bonchev–Trinajstić information content (AvgIpc) is 2.67. The SMILES string of the molecule is CC(C)(C)[C@H]1CC=C2C(C#N)=C(N)C(C#N)(C#N)[C@H](c3ccccc3)[C@@H]2C1. The number of nitrogens with zero attached hydrogens (tertiary/aromatic N) is 3. The summed E-state index contributed by atoms with van der Waals surface area (Å²) in [5.41, 5.74) is 7.13. The molecular weight excluding hydrogens is 332 g/mol. The third kappa shape index (κ3) is 2.81. The number of nitriles is 3. The Balaban J connectivity index is 2.29. The summed E-state index contributed by atoms with van der Waals surface area (Å²) in [5, 5.41) is 29.9. The number of hydrogen-bond donors (Lipinski definition) is 1. The second-order valence-corrected chi connectivity index (χ2v) is 8.62. The molecule has 0 saturated heterocycles. The van der Waals surface area contributed by atoms with Gasteiger partial charge in [-0.1, -0.05) is 57.2 Å². The fraction of sp³-hybridized carbons (Fsp3) is 0.435. The third-order valence-electron chi connectivity index (χ3n) is 6.26. The van der Waals surface area contributed by atoms with Crippen LogP contribution in [-0.2, 0) is 0 Å². The van der Waals surface area contributed by atoms with Crippen molar-refractivity contribution < 1.29 is 0 Å². The summed E-state index contributed by atoms with van der Waals surface area (Å²) >= 11 is 0. The van der Waals surface area contributed by atoms with Crippen molar-refractivity contribution in [3.05, 3.63) is 58.8 Å². The first-order valence-electron chi connectivity index (χ1n) is 9.28. The molecule has 136 valence electrons. The van der Waals surface area contributed by atoms with E-state index >= 15 is 0 Å². The smallest absolute Gasteiger partial charge is 0.191 e. The number of rotatable bonds is 1. The highest BCUT2D eigenvalue weighted by atomic mass is 14.7. The number of nitrogens with two attached hydrogens (primary N) is 1.